The Morgan fingerprint density at radius 2 is 2.29 bits per heavy atom. The molecule has 14 heavy (non-hydrogen) atoms. The molecule has 74 valence electrons. The van der Waals surface area contributed by atoms with Crippen molar-refractivity contribution < 1.29 is 0 Å². The van der Waals surface area contributed by atoms with Gasteiger partial charge in [-0.3, -0.25) is 0 Å². The highest BCUT2D eigenvalue weighted by molar-refractivity contribution is 9.10. The van der Waals surface area contributed by atoms with Crippen LogP contribution in [-0.2, 0) is 6.54 Å². The minimum Gasteiger partial charge on any atom is -0.347 e. The van der Waals surface area contributed by atoms with Gasteiger partial charge in [-0.2, -0.15) is 0 Å². The average molecular weight is 253 g/mol. The summed E-state index contributed by atoms with van der Waals surface area (Å²) < 4.78 is 3.22. The van der Waals surface area contributed by atoms with Crippen LogP contribution in [0.5, 0.6) is 0 Å². The molecular formula is C11H13BrN2. The molecule has 0 N–H and O–H groups in total. The van der Waals surface area contributed by atoms with Gasteiger partial charge in [-0.05, 0) is 34.5 Å². The Hall–Kier alpha value is -0.830. The molecule has 0 aliphatic rings. The van der Waals surface area contributed by atoms with Gasteiger partial charge in [0.1, 0.15) is 4.60 Å². The number of aromatic nitrogens is 2. The molecule has 0 fully saturated rings. The highest BCUT2D eigenvalue weighted by atomic mass is 79.9. The SMILES string of the molecule is CCCCn1ccc2c(Br)nccc21. The lowest BCUT2D eigenvalue weighted by atomic mass is 10.3. The Morgan fingerprint density at radius 1 is 1.43 bits per heavy atom. The van der Waals surface area contributed by atoms with Gasteiger partial charge in [-0.1, -0.05) is 13.3 Å². The number of fused-ring (bicyclic) bond motifs is 1. The lowest BCUT2D eigenvalue weighted by Gasteiger charge is -2.03. The van der Waals surface area contributed by atoms with Gasteiger partial charge in [0.25, 0.3) is 0 Å². The number of hydrogen-bond donors (Lipinski definition) is 0. The van der Waals surface area contributed by atoms with E-state index in [0.717, 1.165) is 11.1 Å². The van der Waals surface area contributed by atoms with E-state index in [2.05, 4.69) is 50.7 Å². The van der Waals surface area contributed by atoms with Crippen LogP contribution in [0.2, 0.25) is 0 Å². The second kappa shape index (κ2) is 4.13. The summed E-state index contributed by atoms with van der Waals surface area (Å²) in [5.74, 6) is 0. The van der Waals surface area contributed by atoms with Crippen LogP contribution in [0.1, 0.15) is 19.8 Å². The van der Waals surface area contributed by atoms with E-state index < -0.39 is 0 Å². The normalized spacial score (nSPS) is 11.0. The Balaban J connectivity index is 2.42. The van der Waals surface area contributed by atoms with E-state index in [1.54, 1.807) is 0 Å². The van der Waals surface area contributed by atoms with Crippen LogP contribution >= 0.6 is 15.9 Å². The molecule has 2 aromatic rings. The summed E-state index contributed by atoms with van der Waals surface area (Å²) in [6.07, 6.45) is 6.43. The van der Waals surface area contributed by atoms with Crippen LogP contribution in [0.4, 0.5) is 0 Å². The molecule has 0 unspecified atom stereocenters. The lowest BCUT2D eigenvalue weighted by molar-refractivity contribution is 0.650. The zero-order chi connectivity index (χ0) is 9.97. The summed E-state index contributed by atoms with van der Waals surface area (Å²) in [7, 11) is 0. The summed E-state index contributed by atoms with van der Waals surface area (Å²) in [6.45, 7) is 3.31. The number of rotatable bonds is 3. The van der Waals surface area contributed by atoms with Crippen molar-refractivity contribution in [3.05, 3.63) is 29.1 Å². The Bertz CT molecular complexity index is 434. The van der Waals surface area contributed by atoms with E-state index in [-0.39, 0.29) is 0 Å². The predicted octanol–water partition coefficient (Wildman–Crippen LogP) is 3.60. The summed E-state index contributed by atoms with van der Waals surface area (Å²) >= 11 is 3.45. The van der Waals surface area contributed by atoms with Gasteiger partial charge >= 0.3 is 0 Å². The minimum absolute atomic E-state index is 0.935. The minimum atomic E-state index is 0.935. The molecule has 2 heterocycles. The summed E-state index contributed by atoms with van der Waals surface area (Å²) in [4.78, 5) is 4.20. The van der Waals surface area contributed by atoms with E-state index in [1.165, 1.54) is 23.7 Å². The molecule has 2 aromatic heterocycles. The Labute approximate surface area is 92.1 Å². The van der Waals surface area contributed by atoms with Gasteiger partial charge in [0.2, 0.25) is 0 Å². The summed E-state index contributed by atoms with van der Waals surface area (Å²) in [5, 5.41) is 1.20. The molecule has 2 rings (SSSR count). The fraction of sp³-hybridized carbons (Fsp3) is 0.364. The van der Waals surface area contributed by atoms with Crippen molar-refractivity contribution in [1.29, 1.82) is 0 Å². The maximum Gasteiger partial charge on any atom is 0.115 e. The number of halogens is 1. The highest BCUT2D eigenvalue weighted by Gasteiger charge is 2.03. The number of unbranched alkanes of at least 4 members (excludes halogenated alkanes) is 1. The first-order valence-corrected chi connectivity index (χ1v) is 5.71. The molecule has 0 spiro atoms. The fourth-order valence-electron chi connectivity index (χ4n) is 1.61. The summed E-state index contributed by atoms with van der Waals surface area (Å²) in [6, 6.07) is 4.18. The van der Waals surface area contributed by atoms with Gasteiger partial charge in [-0.25, -0.2) is 4.98 Å². The van der Waals surface area contributed by atoms with Crippen molar-refractivity contribution in [2.45, 2.75) is 26.3 Å². The monoisotopic (exact) mass is 252 g/mol. The van der Waals surface area contributed by atoms with Crippen molar-refractivity contribution in [2.75, 3.05) is 0 Å². The quantitative estimate of drug-likeness (QED) is 0.764. The molecule has 0 saturated carbocycles. The third-order valence-corrected chi connectivity index (χ3v) is 3.03. The highest BCUT2D eigenvalue weighted by Crippen LogP contribution is 2.22. The smallest absolute Gasteiger partial charge is 0.115 e. The van der Waals surface area contributed by atoms with Crippen LogP contribution in [0, 0.1) is 0 Å². The van der Waals surface area contributed by atoms with Crippen molar-refractivity contribution in [3.8, 4) is 0 Å². The van der Waals surface area contributed by atoms with Gasteiger partial charge < -0.3 is 4.57 Å². The third kappa shape index (κ3) is 1.69. The standard InChI is InChI=1S/C11H13BrN2/c1-2-3-7-14-8-5-9-10(14)4-6-13-11(9)12/h4-6,8H,2-3,7H2,1H3. The largest absolute Gasteiger partial charge is 0.347 e. The second-order valence-corrected chi connectivity index (χ2v) is 4.15. The first kappa shape index (κ1) is 9.71. The van der Waals surface area contributed by atoms with Crippen LogP contribution in [0.3, 0.4) is 0 Å². The number of pyridine rings is 1. The maximum absolute atomic E-state index is 4.20. The third-order valence-electron chi connectivity index (χ3n) is 2.40. The fourth-order valence-corrected chi connectivity index (χ4v) is 2.06. The average Bonchev–Trinajstić information content (AvgIpc) is 2.60. The van der Waals surface area contributed by atoms with E-state index >= 15 is 0 Å². The van der Waals surface area contributed by atoms with Gasteiger partial charge in [0.05, 0.1) is 5.52 Å². The topological polar surface area (TPSA) is 17.8 Å². The van der Waals surface area contributed by atoms with Crippen LogP contribution in [0.25, 0.3) is 10.9 Å². The zero-order valence-electron chi connectivity index (χ0n) is 8.20. The zero-order valence-corrected chi connectivity index (χ0v) is 9.79. The maximum atomic E-state index is 4.20. The van der Waals surface area contributed by atoms with Crippen LogP contribution < -0.4 is 0 Å². The molecule has 2 nitrogen and oxygen atoms in total. The molecule has 3 heteroatoms. The molecule has 0 bridgehead atoms. The van der Waals surface area contributed by atoms with Crippen LogP contribution in [-0.4, -0.2) is 9.55 Å². The Kier molecular flexibility index (Phi) is 2.87. The van der Waals surface area contributed by atoms with Gasteiger partial charge in [0, 0.05) is 24.3 Å². The number of aryl methyl sites for hydroxylation is 1. The van der Waals surface area contributed by atoms with Crippen molar-refractivity contribution in [3.63, 3.8) is 0 Å². The van der Waals surface area contributed by atoms with Crippen molar-refractivity contribution >= 4 is 26.8 Å². The van der Waals surface area contributed by atoms with Gasteiger partial charge in [0.15, 0.2) is 0 Å². The molecule has 0 aliphatic heterocycles. The van der Waals surface area contributed by atoms with E-state index in [9.17, 15) is 0 Å². The van der Waals surface area contributed by atoms with Crippen LogP contribution in [0.15, 0.2) is 29.1 Å². The lowest BCUT2D eigenvalue weighted by Crippen LogP contribution is -1.95. The Morgan fingerprint density at radius 3 is 3.07 bits per heavy atom. The van der Waals surface area contributed by atoms with E-state index in [1.807, 2.05) is 6.20 Å². The second-order valence-electron chi connectivity index (χ2n) is 3.40. The molecule has 0 saturated heterocycles. The number of nitrogens with zero attached hydrogens (tertiary/aromatic N) is 2. The van der Waals surface area contributed by atoms with Crippen molar-refractivity contribution in [1.82, 2.24) is 9.55 Å². The van der Waals surface area contributed by atoms with Crippen molar-refractivity contribution in [2.24, 2.45) is 0 Å². The molecule has 0 amide bonds. The molecule has 0 aromatic carbocycles. The molecule has 0 atom stereocenters. The first-order valence-electron chi connectivity index (χ1n) is 4.92. The van der Waals surface area contributed by atoms with E-state index in [0.29, 0.717) is 0 Å². The molecule has 0 aliphatic carbocycles. The molecular weight excluding hydrogens is 240 g/mol. The first-order chi connectivity index (χ1) is 6.83. The van der Waals surface area contributed by atoms with E-state index in [4.69, 9.17) is 0 Å². The summed E-state index contributed by atoms with van der Waals surface area (Å²) in [5.41, 5.74) is 1.26. The van der Waals surface area contributed by atoms with Gasteiger partial charge in [-0.15, -0.1) is 0 Å². The number of hydrogen-bond acceptors (Lipinski definition) is 1. The molecule has 0 radical (unpaired) electrons. The predicted molar refractivity (Wildman–Crippen MR) is 62.3 cm³/mol.